The first-order valence-electron chi connectivity index (χ1n) is 3.92. The van der Waals surface area contributed by atoms with Gasteiger partial charge in [-0.1, -0.05) is 6.07 Å². The van der Waals surface area contributed by atoms with Crippen LogP contribution in [-0.4, -0.2) is 29.3 Å². The van der Waals surface area contributed by atoms with Crippen LogP contribution in [0.25, 0.3) is 0 Å². The van der Waals surface area contributed by atoms with Gasteiger partial charge in [0.1, 0.15) is 4.90 Å². The molecule has 1 aromatic rings. The Balaban J connectivity index is 3.79. The molecule has 5 nitrogen and oxygen atoms in total. The average Bonchev–Trinajstić information content (AvgIpc) is 1.99. The normalized spacial score (nSPS) is 12.7. The van der Waals surface area contributed by atoms with E-state index in [0.29, 0.717) is 0 Å². The van der Waals surface area contributed by atoms with Crippen LogP contribution in [0.15, 0.2) is 28.0 Å². The molecular weight excluding hydrogens is 238 g/mol. The van der Waals surface area contributed by atoms with E-state index in [2.05, 4.69) is 0 Å². The highest BCUT2D eigenvalue weighted by atomic mass is 32.2. The number of hydrogen-bond acceptors (Lipinski definition) is 5. The summed E-state index contributed by atoms with van der Waals surface area (Å²) in [5.41, 5.74) is 5.41. The van der Waals surface area contributed by atoms with Gasteiger partial charge in [-0.25, -0.2) is 16.8 Å². The third-order valence-corrected chi connectivity index (χ3v) is 4.25. The number of rotatable bonds is 2. The fourth-order valence-corrected chi connectivity index (χ4v) is 3.84. The molecule has 84 valence electrons. The van der Waals surface area contributed by atoms with Crippen molar-refractivity contribution in [2.45, 2.75) is 9.79 Å². The van der Waals surface area contributed by atoms with Crippen molar-refractivity contribution < 1.29 is 16.8 Å². The van der Waals surface area contributed by atoms with Crippen LogP contribution in [0.2, 0.25) is 0 Å². The molecule has 0 amide bonds. The lowest BCUT2D eigenvalue weighted by Crippen LogP contribution is -2.10. The second kappa shape index (κ2) is 3.49. The SMILES string of the molecule is CS(=O)(=O)c1cccc(N)c1S(C)(=O)=O. The lowest BCUT2D eigenvalue weighted by Gasteiger charge is -2.08. The Morgan fingerprint density at radius 2 is 1.53 bits per heavy atom. The smallest absolute Gasteiger partial charge is 0.178 e. The van der Waals surface area contributed by atoms with Crippen molar-refractivity contribution in [1.29, 1.82) is 0 Å². The molecule has 0 aromatic heterocycles. The number of nitrogens with two attached hydrogens (primary N) is 1. The molecule has 0 aliphatic carbocycles. The van der Waals surface area contributed by atoms with E-state index < -0.39 is 19.7 Å². The maximum absolute atomic E-state index is 11.4. The zero-order valence-electron chi connectivity index (χ0n) is 8.26. The highest BCUT2D eigenvalue weighted by Crippen LogP contribution is 2.26. The molecule has 0 heterocycles. The zero-order valence-corrected chi connectivity index (χ0v) is 9.89. The standard InChI is InChI=1S/C8H11NO4S2/c1-14(10,11)7-5-3-4-6(9)8(7)15(2,12)13/h3-5H,9H2,1-2H3. The van der Waals surface area contributed by atoms with Crippen LogP contribution >= 0.6 is 0 Å². The van der Waals surface area contributed by atoms with E-state index in [0.717, 1.165) is 12.5 Å². The first-order valence-corrected chi connectivity index (χ1v) is 7.71. The van der Waals surface area contributed by atoms with Crippen molar-refractivity contribution in [3.63, 3.8) is 0 Å². The number of sulfone groups is 2. The third kappa shape index (κ3) is 2.48. The zero-order chi connectivity index (χ0) is 11.9. The molecule has 2 N–H and O–H groups in total. The van der Waals surface area contributed by atoms with Crippen molar-refractivity contribution in [2.75, 3.05) is 18.2 Å². The van der Waals surface area contributed by atoms with E-state index in [1.54, 1.807) is 0 Å². The molecule has 0 atom stereocenters. The molecule has 1 aromatic carbocycles. The second-order valence-corrected chi connectivity index (χ2v) is 7.16. The second-order valence-electron chi connectivity index (χ2n) is 3.22. The first-order chi connectivity index (χ1) is 6.64. The van der Waals surface area contributed by atoms with Crippen LogP contribution in [0.1, 0.15) is 0 Å². The molecule has 0 unspecified atom stereocenters. The average molecular weight is 249 g/mol. The van der Waals surface area contributed by atoms with Crippen LogP contribution in [0, 0.1) is 0 Å². The fraction of sp³-hybridized carbons (Fsp3) is 0.250. The number of benzene rings is 1. The summed E-state index contributed by atoms with van der Waals surface area (Å²) in [5, 5.41) is 0. The molecule has 0 fully saturated rings. The van der Waals surface area contributed by atoms with Gasteiger partial charge in [0.25, 0.3) is 0 Å². The monoisotopic (exact) mass is 249 g/mol. The quantitative estimate of drug-likeness (QED) is 0.749. The fourth-order valence-electron chi connectivity index (χ4n) is 1.22. The Hall–Kier alpha value is -1.08. The minimum absolute atomic E-state index is 0.0552. The van der Waals surface area contributed by atoms with Gasteiger partial charge in [0.05, 0.1) is 10.6 Å². The van der Waals surface area contributed by atoms with E-state index in [1.165, 1.54) is 18.2 Å². The summed E-state index contributed by atoms with van der Waals surface area (Å²) < 4.78 is 45.4. The van der Waals surface area contributed by atoms with Crippen molar-refractivity contribution >= 4 is 25.4 Å². The van der Waals surface area contributed by atoms with Gasteiger partial charge >= 0.3 is 0 Å². The van der Waals surface area contributed by atoms with Crippen LogP contribution < -0.4 is 5.73 Å². The summed E-state index contributed by atoms with van der Waals surface area (Å²) in [4.78, 5) is -0.586. The molecule has 0 aliphatic rings. The maximum Gasteiger partial charge on any atom is 0.178 e. The van der Waals surface area contributed by atoms with E-state index in [4.69, 9.17) is 5.73 Å². The molecule has 0 aliphatic heterocycles. The Kier molecular flexibility index (Phi) is 2.79. The van der Waals surface area contributed by atoms with Gasteiger partial charge in [0.15, 0.2) is 19.7 Å². The Morgan fingerprint density at radius 3 is 1.87 bits per heavy atom. The number of anilines is 1. The third-order valence-electron chi connectivity index (χ3n) is 1.78. The molecule has 0 saturated carbocycles. The highest BCUT2D eigenvalue weighted by Gasteiger charge is 2.22. The van der Waals surface area contributed by atoms with Gasteiger partial charge < -0.3 is 5.73 Å². The lowest BCUT2D eigenvalue weighted by atomic mass is 10.3. The predicted molar refractivity (Wildman–Crippen MR) is 57.1 cm³/mol. The van der Waals surface area contributed by atoms with Gasteiger partial charge in [-0.3, -0.25) is 0 Å². The topological polar surface area (TPSA) is 94.3 Å². The lowest BCUT2D eigenvalue weighted by molar-refractivity contribution is 0.589. The summed E-state index contributed by atoms with van der Waals surface area (Å²) in [6.07, 6.45) is 1.86. The Bertz CT molecular complexity index is 587. The first kappa shape index (κ1) is 12.0. The van der Waals surface area contributed by atoms with Crippen molar-refractivity contribution in [2.24, 2.45) is 0 Å². The molecule has 0 bridgehead atoms. The van der Waals surface area contributed by atoms with Crippen LogP contribution in [-0.2, 0) is 19.7 Å². The van der Waals surface area contributed by atoms with E-state index in [9.17, 15) is 16.8 Å². The van der Waals surface area contributed by atoms with E-state index >= 15 is 0 Å². The summed E-state index contributed by atoms with van der Waals surface area (Å²) in [7, 11) is -7.25. The predicted octanol–water partition coefficient (Wildman–Crippen LogP) is 0.0758. The molecule has 7 heteroatoms. The van der Waals surface area contributed by atoms with Crippen molar-refractivity contribution in [3.8, 4) is 0 Å². The van der Waals surface area contributed by atoms with Crippen LogP contribution in [0.3, 0.4) is 0 Å². The largest absolute Gasteiger partial charge is 0.398 e. The summed E-state index contributed by atoms with van der Waals surface area (Å²) >= 11 is 0. The Labute approximate surface area is 88.8 Å². The number of nitrogen functional groups attached to an aromatic ring is 1. The van der Waals surface area contributed by atoms with Crippen LogP contribution in [0.5, 0.6) is 0 Å². The maximum atomic E-state index is 11.4. The molecule has 0 radical (unpaired) electrons. The van der Waals surface area contributed by atoms with Gasteiger partial charge in [-0.2, -0.15) is 0 Å². The molecule has 0 spiro atoms. The Morgan fingerprint density at radius 1 is 1.00 bits per heavy atom. The van der Waals surface area contributed by atoms with Gasteiger partial charge in [-0.15, -0.1) is 0 Å². The molecule has 15 heavy (non-hydrogen) atoms. The van der Waals surface area contributed by atoms with Crippen LogP contribution in [0.4, 0.5) is 5.69 Å². The molecule has 0 saturated heterocycles. The van der Waals surface area contributed by atoms with Gasteiger partial charge in [0, 0.05) is 12.5 Å². The van der Waals surface area contributed by atoms with Gasteiger partial charge in [-0.05, 0) is 12.1 Å². The minimum Gasteiger partial charge on any atom is -0.398 e. The minimum atomic E-state index is -3.65. The van der Waals surface area contributed by atoms with Crippen molar-refractivity contribution in [1.82, 2.24) is 0 Å². The molecule has 1 rings (SSSR count). The number of hydrogen-bond donors (Lipinski definition) is 1. The van der Waals surface area contributed by atoms with E-state index in [-0.39, 0.29) is 15.5 Å². The highest BCUT2D eigenvalue weighted by molar-refractivity contribution is 7.93. The summed E-state index contributed by atoms with van der Waals surface area (Å²) in [6, 6.07) is 3.98. The summed E-state index contributed by atoms with van der Waals surface area (Å²) in [5.74, 6) is 0. The van der Waals surface area contributed by atoms with Gasteiger partial charge in [0.2, 0.25) is 0 Å². The van der Waals surface area contributed by atoms with E-state index in [1.807, 2.05) is 0 Å². The summed E-state index contributed by atoms with van der Waals surface area (Å²) in [6.45, 7) is 0. The van der Waals surface area contributed by atoms with Crippen molar-refractivity contribution in [3.05, 3.63) is 18.2 Å². The molecular formula is C8H11NO4S2.